The Morgan fingerprint density at radius 3 is 2.78 bits per heavy atom. The second-order valence-corrected chi connectivity index (χ2v) is 5.85. The molecule has 0 spiro atoms. The van der Waals surface area contributed by atoms with Gasteiger partial charge in [0.15, 0.2) is 0 Å². The molecule has 0 aromatic carbocycles. The molecule has 3 rings (SSSR count). The predicted molar refractivity (Wildman–Crippen MR) is 71.1 cm³/mol. The SMILES string of the molecule is c1nc(CNC2CC2)n(CCC2CCCCC2)n1. The van der Waals surface area contributed by atoms with Crippen molar-refractivity contribution in [2.75, 3.05) is 0 Å². The lowest BCUT2D eigenvalue weighted by Gasteiger charge is -2.21. The van der Waals surface area contributed by atoms with E-state index >= 15 is 0 Å². The van der Waals surface area contributed by atoms with Gasteiger partial charge in [0.2, 0.25) is 0 Å². The first-order valence-electron chi connectivity index (χ1n) is 7.52. The van der Waals surface area contributed by atoms with Crippen molar-refractivity contribution in [1.29, 1.82) is 0 Å². The molecule has 2 fully saturated rings. The molecule has 0 unspecified atom stereocenters. The summed E-state index contributed by atoms with van der Waals surface area (Å²) in [4.78, 5) is 4.37. The van der Waals surface area contributed by atoms with Gasteiger partial charge in [0, 0.05) is 12.6 Å². The summed E-state index contributed by atoms with van der Waals surface area (Å²) in [5.74, 6) is 2.03. The predicted octanol–water partition coefficient (Wildman–Crippen LogP) is 2.50. The van der Waals surface area contributed by atoms with Crippen molar-refractivity contribution in [1.82, 2.24) is 20.1 Å². The number of aryl methyl sites for hydroxylation is 1. The van der Waals surface area contributed by atoms with Crippen LogP contribution < -0.4 is 5.32 Å². The van der Waals surface area contributed by atoms with Crippen LogP contribution in [-0.2, 0) is 13.1 Å². The minimum absolute atomic E-state index is 0.744. The van der Waals surface area contributed by atoms with E-state index in [9.17, 15) is 0 Å². The van der Waals surface area contributed by atoms with Crippen LogP contribution in [0.15, 0.2) is 6.33 Å². The Labute approximate surface area is 109 Å². The zero-order chi connectivity index (χ0) is 12.2. The van der Waals surface area contributed by atoms with Gasteiger partial charge >= 0.3 is 0 Å². The van der Waals surface area contributed by atoms with Crippen molar-refractivity contribution in [2.45, 2.75) is 70.5 Å². The molecule has 100 valence electrons. The van der Waals surface area contributed by atoms with Gasteiger partial charge in [-0.05, 0) is 25.2 Å². The molecule has 0 atom stereocenters. The highest BCUT2D eigenvalue weighted by molar-refractivity contribution is 4.88. The zero-order valence-corrected chi connectivity index (χ0v) is 11.1. The maximum absolute atomic E-state index is 4.37. The molecule has 1 N–H and O–H groups in total. The molecule has 0 radical (unpaired) electrons. The Bertz CT molecular complexity index is 364. The Morgan fingerprint density at radius 1 is 1.17 bits per heavy atom. The molecule has 4 nitrogen and oxygen atoms in total. The summed E-state index contributed by atoms with van der Waals surface area (Å²) in [6.45, 7) is 1.93. The van der Waals surface area contributed by atoms with Crippen LogP contribution in [0.1, 0.15) is 57.2 Å². The van der Waals surface area contributed by atoms with E-state index in [4.69, 9.17) is 0 Å². The Hall–Kier alpha value is -0.900. The van der Waals surface area contributed by atoms with Gasteiger partial charge in [-0.1, -0.05) is 32.1 Å². The average molecular weight is 248 g/mol. The first-order valence-corrected chi connectivity index (χ1v) is 7.52. The Kier molecular flexibility index (Phi) is 3.93. The van der Waals surface area contributed by atoms with Gasteiger partial charge in [0.25, 0.3) is 0 Å². The number of nitrogens with zero attached hydrogens (tertiary/aromatic N) is 3. The van der Waals surface area contributed by atoms with Crippen LogP contribution in [0.4, 0.5) is 0 Å². The maximum Gasteiger partial charge on any atom is 0.140 e. The van der Waals surface area contributed by atoms with Crippen molar-refractivity contribution in [3.05, 3.63) is 12.2 Å². The molecule has 0 aliphatic heterocycles. The van der Waals surface area contributed by atoms with Crippen LogP contribution in [0, 0.1) is 5.92 Å². The van der Waals surface area contributed by atoms with Crippen LogP contribution in [0.3, 0.4) is 0 Å². The lowest BCUT2D eigenvalue weighted by atomic mass is 9.87. The first-order chi connectivity index (χ1) is 8.92. The van der Waals surface area contributed by atoms with E-state index in [0.717, 1.165) is 30.9 Å². The van der Waals surface area contributed by atoms with Gasteiger partial charge in [-0.2, -0.15) is 5.10 Å². The molecule has 18 heavy (non-hydrogen) atoms. The van der Waals surface area contributed by atoms with Gasteiger partial charge in [0.05, 0.1) is 6.54 Å². The maximum atomic E-state index is 4.37. The largest absolute Gasteiger partial charge is 0.307 e. The van der Waals surface area contributed by atoms with Gasteiger partial charge in [-0.25, -0.2) is 9.67 Å². The van der Waals surface area contributed by atoms with Crippen molar-refractivity contribution in [3.63, 3.8) is 0 Å². The summed E-state index contributed by atoms with van der Waals surface area (Å²) in [7, 11) is 0. The number of nitrogens with one attached hydrogen (secondary N) is 1. The fourth-order valence-corrected chi connectivity index (χ4v) is 2.92. The number of hydrogen-bond acceptors (Lipinski definition) is 3. The Morgan fingerprint density at radius 2 is 2.00 bits per heavy atom. The van der Waals surface area contributed by atoms with Crippen LogP contribution in [0.2, 0.25) is 0 Å². The van der Waals surface area contributed by atoms with E-state index in [1.165, 1.54) is 51.4 Å². The molecule has 1 aromatic rings. The van der Waals surface area contributed by atoms with Crippen molar-refractivity contribution in [2.24, 2.45) is 5.92 Å². The minimum atomic E-state index is 0.744. The van der Waals surface area contributed by atoms with E-state index in [-0.39, 0.29) is 0 Å². The molecular formula is C14H24N4. The topological polar surface area (TPSA) is 42.7 Å². The molecule has 4 heteroatoms. The highest BCUT2D eigenvalue weighted by Crippen LogP contribution is 2.26. The normalized spacial score (nSPS) is 21.3. The quantitative estimate of drug-likeness (QED) is 0.841. The minimum Gasteiger partial charge on any atom is -0.307 e. The second-order valence-electron chi connectivity index (χ2n) is 5.85. The molecule has 0 bridgehead atoms. The molecule has 0 saturated heterocycles. The summed E-state index contributed by atoms with van der Waals surface area (Å²) in [6.07, 6.45) is 12.8. The van der Waals surface area contributed by atoms with Crippen molar-refractivity contribution >= 4 is 0 Å². The molecule has 1 aromatic heterocycles. The van der Waals surface area contributed by atoms with Gasteiger partial charge < -0.3 is 5.32 Å². The fraction of sp³-hybridized carbons (Fsp3) is 0.857. The molecule has 0 amide bonds. The Balaban J connectivity index is 1.46. The monoisotopic (exact) mass is 248 g/mol. The summed E-state index contributed by atoms with van der Waals surface area (Å²) >= 11 is 0. The van der Waals surface area contributed by atoms with E-state index in [1.54, 1.807) is 6.33 Å². The standard InChI is InChI=1S/C14H24N4/c1-2-4-12(5-3-1)8-9-18-14(16-11-17-18)10-15-13-6-7-13/h11-13,15H,1-10H2. The van der Waals surface area contributed by atoms with Gasteiger partial charge in [-0.3, -0.25) is 0 Å². The molecular weight excluding hydrogens is 224 g/mol. The van der Waals surface area contributed by atoms with Gasteiger partial charge in [0.1, 0.15) is 12.2 Å². The average Bonchev–Trinajstić information content (AvgIpc) is 3.14. The highest BCUT2D eigenvalue weighted by Gasteiger charge is 2.21. The van der Waals surface area contributed by atoms with E-state index in [1.807, 2.05) is 0 Å². The van der Waals surface area contributed by atoms with Crippen molar-refractivity contribution in [3.8, 4) is 0 Å². The molecule has 2 aliphatic rings. The lowest BCUT2D eigenvalue weighted by molar-refractivity contribution is 0.316. The highest BCUT2D eigenvalue weighted by atomic mass is 15.3. The van der Waals surface area contributed by atoms with Crippen LogP contribution in [0.5, 0.6) is 0 Å². The zero-order valence-electron chi connectivity index (χ0n) is 11.1. The fourth-order valence-electron chi connectivity index (χ4n) is 2.92. The molecule has 2 aliphatic carbocycles. The summed E-state index contributed by atoms with van der Waals surface area (Å²) < 4.78 is 2.10. The molecule has 1 heterocycles. The molecule has 2 saturated carbocycles. The number of rotatable bonds is 6. The van der Waals surface area contributed by atoms with Gasteiger partial charge in [-0.15, -0.1) is 0 Å². The van der Waals surface area contributed by atoms with Crippen molar-refractivity contribution < 1.29 is 0 Å². The first kappa shape index (κ1) is 12.2. The van der Waals surface area contributed by atoms with E-state index < -0.39 is 0 Å². The van der Waals surface area contributed by atoms with E-state index in [2.05, 4.69) is 20.1 Å². The summed E-state index contributed by atoms with van der Waals surface area (Å²) in [5, 5.41) is 7.88. The number of hydrogen-bond donors (Lipinski definition) is 1. The number of aromatic nitrogens is 3. The third-order valence-corrected chi connectivity index (χ3v) is 4.30. The van der Waals surface area contributed by atoms with Crippen LogP contribution in [-0.4, -0.2) is 20.8 Å². The van der Waals surface area contributed by atoms with Crippen LogP contribution >= 0.6 is 0 Å². The smallest absolute Gasteiger partial charge is 0.140 e. The van der Waals surface area contributed by atoms with E-state index in [0.29, 0.717) is 0 Å². The third-order valence-electron chi connectivity index (χ3n) is 4.30. The third kappa shape index (κ3) is 3.31. The summed E-state index contributed by atoms with van der Waals surface area (Å²) in [5.41, 5.74) is 0. The second kappa shape index (κ2) is 5.83. The lowest BCUT2D eigenvalue weighted by Crippen LogP contribution is -2.20. The summed E-state index contributed by atoms with van der Waals surface area (Å²) in [6, 6.07) is 0.744. The van der Waals surface area contributed by atoms with Crippen LogP contribution in [0.25, 0.3) is 0 Å².